The Kier molecular flexibility index (Phi) is 11.4. The van der Waals surface area contributed by atoms with Gasteiger partial charge in [0.25, 0.3) is 5.09 Å². The smallest absolute Gasteiger partial charge is 0.291 e. The Hall–Kier alpha value is -1.68. The maximum Gasteiger partial charge on any atom is 0.291 e. The van der Waals surface area contributed by atoms with E-state index in [0.29, 0.717) is 33.3 Å². The molecule has 1 atom stereocenters. The van der Waals surface area contributed by atoms with Gasteiger partial charge in [-0.3, -0.25) is 0 Å². The summed E-state index contributed by atoms with van der Waals surface area (Å²) in [5.41, 5.74) is 2.04. The predicted molar refractivity (Wildman–Crippen MR) is 129 cm³/mol. The van der Waals surface area contributed by atoms with Crippen molar-refractivity contribution >= 4 is 58.2 Å². The molecule has 1 aromatic heterocycles. The molecular formula is C20H19Cl4N3O4S. The van der Waals surface area contributed by atoms with E-state index in [1.165, 1.54) is 0 Å². The fourth-order valence-electron chi connectivity index (χ4n) is 2.57. The average Bonchev–Trinajstić information content (AvgIpc) is 3.22. The third-order valence-corrected chi connectivity index (χ3v) is 6.58. The van der Waals surface area contributed by atoms with E-state index in [1.54, 1.807) is 30.1 Å². The van der Waals surface area contributed by atoms with Crippen molar-refractivity contribution in [1.82, 2.24) is 9.55 Å². The minimum Gasteiger partial charge on any atom is -0.376 e. The number of aromatic nitrogens is 2. The van der Waals surface area contributed by atoms with E-state index in [2.05, 4.69) is 4.98 Å². The summed E-state index contributed by atoms with van der Waals surface area (Å²) in [4.78, 5) is 12.5. The number of halogens is 4. The number of ether oxygens (including phenoxy) is 1. The van der Waals surface area contributed by atoms with E-state index in [0.717, 1.165) is 23.4 Å². The zero-order valence-corrected chi connectivity index (χ0v) is 20.4. The van der Waals surface area contributed by atoms with Crippen LogP contribution in [0.3, 0.4) is 0 Å². The lowest BCUT2D eigenvalue weighted by atomic mass is 10.2. The van der Waals surface area contributed by atoms with E-state index < -0.39 is 5.09 Å². The van der Waals surface area contributed by atoms with Gasteiger partial charge in [0.2, 0.25) is 0 Å². The molecule has 0 saturated carbocycles. The van der Waals surface area contributed by atoms with Gasteiger partial charge in [0.1, 0.15) is 0 Å². The van der Waals surface area contributed by atoms with Gasteiger partial charge >= 0.3 is 0 Å². The van der Waals surface area contributed by atoms with Gasteiger partial charge in [0.15, 0.2) is 0 Å². The molecule has 0 aliphatic carbocycles. The van der Waals surface area contributed by atoms with Crippen molar-refractivity contribution in [3.63, 3.8) is 0 Å². The maximum atomic E-state index is 8.36. The lowest BCUT2D eigenvalue weighted by Crippen LogP contribution is -2.19. The van der Waals surface area contributed by atoms with Crippen molar-refractivity contribution in [2.24, 2.45) is 0 Å². The second-order valence-electron chi connectivity index (χ2n) is 6.43. The molecule has 7 nitrogen and oxygen atoms in total. The van der Waals surface area contributed by atoms with Crippen LogP contribution in [0.25, 0.3) is 0 Å². The first-order chi connectivity index (χ1) is 15.2. The van der Waals surface area contributed by atoms with Crippen LogP contribution >= 0.6 is 58.2 Å². The molecule has 0 aliphatic rings. The Labute approximate surface area is 209 Å². The van der Waals surface area contributed by atoms with Crippen molar-refractivity contribution in [2.45, 2.75) is 24.2 Å². The molecule has 0 saturated heterocycles. The highest BCUT2D eigenvalue weighted by molar-refractivity contribution is 7.99. The molecule has 1 N–H and O–H groups in total. The Balaban J connectivity index is 0.000000837. The lowest BCUT2D eigenvalue weighted by molar-refractivity contribution is -0.742. The van der Waals surface area contributed by atoms with Crippen molar-refractivity contribution in [3.05, 3.63) is 96.5 Å². The van der Waals surface area contributed by atoms with E-state index in [9.17, 15) is 0 Å². The van der Waals surface area contributed by atoms with Gasteiger partial charge < -0.3 is 14.5 Å². The molecule has 0 aliphatic heterocycles. The molecule has 3 aromatic rings. The van der Waals surface area contributed by atoms with Crippen molar-refractivity contribution < 1.29 is 15.0 Å². The highest BCUT2D eigenvalue weighted by Gasteiger charge is 2.13. The minimum atomic E-state index is -1.50. The number of rotatable bonds is 9. The second kappa shape index (κ2) is 13.8. The molecule has 0 fully saturated rings. The van der Waals surface area contributed by atoms with Crippen LogP contribution in [-0.2, 0) is 23.6 Å². The first-order valence-corrected chi connectivity index (χ1v) is 11.7. The Morgan fingerprint density at radius 1 is 1.12 bits per heavy atom. The molecule has 0 spiro atoms. The van der Waals surface area contributed by atoms with Crippen LogP contribution in [0, 0.1) is 10.1 Å². The summed E-state index contributed by atoms with van der Waals surface area (Å²) in [6, 6.07) is 11.1. The molecule has 2 aromatic carbocycles. The fourth-order valence-corrected chi connectivity index (χ4v) is 4.58. The van der Waals surface area contributed by atoms with Crippen molar-refractivity contribution in [3.8, 4) is 0 Å². The fraction of sp³-hybridized carbons (Fsp3) is 0.250. The minimum absolute atomic E-state index is 0.226. The number of benzene rings is 2. The topological polar surface area (TPSA) is 90.4 Å². The van der Waals surface area contributed by atoms with Crippen LogP contribution in [0.2, 0.25) is 20.1 Å². The van der Waals surface area contributed by atoms with Gasteiger partial charge in [-0.2, -0.15) is 0 Å². The van der Waals surface area contributed by atoms with E-state index in [4.69, 9.17) is 66.5 Å². The average molecular weight is 539 g/mol. The molecule has 172 valence electrons. The van der Waals surface area contributed by atoms with Gasteiger partial charge in [-0.1, -0.05) is 58.5 Å². The number of hydrogen-bond acceptors (Lipinski definition) is 5. The lowest BCUT2D eigenvalue weighted by Gasteiger charge is -2.18. The second-order valence-corrected chi connectivity index (χ2v) is 9.38. The largest absolute Gasteiger partial charge is 0.376 e. The zero-order chi connectivity index (χ0) is 23.5. The molecule has 1 unspecified atom stereocenters. The van der Waals surface area contributed by atoms with Gasteiger partial charge in [0.05, 0.1) is 29.6 Å². The molecule has 0 amide bonds. The first-order valence-electron chi connectivity index (χ1n) is 9.10. The summed E-state index contributed by atoms with van der Waals surface area (Å²) >= 11 is 26.1. The number of imidazole rings is 1. The quantitative estimate of drug-likeness (QED) is 0.242. The summed E-state index contributed by atoms with van der Waals surface area (Å²) in [5, 5.41) is 16.3. The highest BCUT2D eigenvalue weighted by atomic mass is 35.5. The Morgan fingerprint density at radius 3 is 2.50 bits per heavy atom. The summed E-state index contributed by atoms with van der Waals surface area (Å²) in [7, 11) is 0. The van der Waals surface area contributed by atoms with Crippen LogP contribution in [0.15, 0.2) is 55.1 Å². The van der Waals surface area contributed by atoms with Crippen LogP contribution in [-0.4, -0.2) is 31.7 Å². The summed E-state index contributed by atoms with van der Waals surface area (Å²) in [6.07, 6.45) is 5.53. The third kappa shape index (κ3) is 9.85. The SMILES string of the molecule is Clc1ccc(CSC(COCc2ccc(Cl)c(Cl)c2)Cn2ccnc2)c(Cl)c1.O=[N+]([O-])O. The summed E-state index contributed by atoms with van der Waals surface area (Å²) < 4.78 is 8.00. The highest BCUT2D eigenvalue weighted by Crippen LogP contribution is 2.28. The standard InChI is InChI=1S/C20H18Cl4N2OS.HNO3/c21-16-3-2-15(19(23)8-16)12-28-17(9-26-6-5-25-13-26)11-27-10-14-1-4-18(22)20(24)7-14;2-1(3)4/h1-8,13,17H,9-12H2;(H,2,3,4). The number of thioether (sulfide) groups is 1. The van der Waals surface area contributed by atoms with Crippen LogP contribution < -0.4 is 0 Å². The first kappa shape index (κ1) is 26.6. The number of hydrogen-bond donors (Lipinski definition) is 1. The van der Waals surface area contributed by atoms with Crippen LogP contribution in [0.1, 0.15) is 11.1 Å². The predicted octanol–water partition coefficient (Wildman–Crippen LogP) is 6.67. The zero-order valence-electron chi connectivity index (χ0n) is 16.5. The summed E-state index contributed by atoms with van der Waals surface area (Å²) in [5.74, 6) is 0.769. The monoisotopic (exact) mass is 537 g/mol. The molecule has 1 heterocycles. The van der Waals surface area contributed by atoms with Gasteiger partial charge in [0, 0.05) is 40.0 Å². The molecule has 0 radical (unpaired) electrons. The summed E-state index contributed by atoms with van der Waals surface area (Å²) in [6.45, 7) is 1.84. The Bertz CT molecular complexity index is 1000. The van der Waals surface area contributed by atoms with E-state index >= 15 is 0 Å². The molecule has 32 heavy (non-hydrogen) atoms. The normalized spacial score (nSPS) is 11.5. The van der Waals surface area contributed by atoms with Crippen molar-refractivity contribution in [1.29, 1.82) is 0 Å². The Morgan fingerprint density at radius 2 is 1.88 bits per heavy atom. The maximum absolute atomic E-state index is 8.36. The van der Waals surface area contributed by atoms with E-state index in [-0.39, 0.29) is 5.25 Å². The molecular weight excluding hydrogens is 520 g/mol. The third-order valence-electron chi connectivity index (χ3n) is 4.02. The van der Waals surface area contributed by atoms with Crippen LogP contribution in [0.5, 0.6) is 0 Å². The number of nitrogens with zero attached hydrogens (tertiary/aromatic N) is 3. The van der Waals surface area contributed by atoms with Gasteiger partial charge in [-0.05, 0) is 35.4 Å². The van der Waals surface area contributed by atoms with Gasteiger partial charge in [-0.15, -0.1) is 21.9 Å². The van der Waals surface area contributed by atoms with Crippen molar-refractivity contribution in [2.75, 3.05) is 6.61 Å². The van der Waals surface area contributed by atoms with E-state index in [1.807, 2.05) is 41.4 Å². The van der Waals surface area contributed by atoms with Crippen LogP contribution in [0.4, 0.5) is 0 Å². The van der Waals surface area contributed by atoms with Gasteiger partial charge in [-0.25, -0.2) is 4.98 Å². The molecule has 12 heteroatoms. The molecule has 3 rings (SSSR count). The molecule has 0 bridgehead atoms.